The third-order valence-corrected chi connectivity index (χ3v) is 4.98. The molecule has 2 aromatic rings. The molecule has 0 N–H and O–H groups in total. The first-order valence-corrected chi connectivity index (χ1v) is 6.98. The standard InChI is InChI=1S/C12H8BrO2P/c13-10-6-3-5-9-8-4-1-2-7-11(8)15-16(14)12(9)10/h1-7,16H. The van der Waals surface area contributed by atoms with Crippen LogP contribution in [0.1, 0.15) is 0 Å². The van der Waals surface area contributed by atoms with Crippen molar-refractivity contribution in [2.24, 2.45) is 0 Å². The van der Waals surface area contributed by atoms with Crippen molar-refractivity contribution < 1.29 is 9.09 Å². The Kier molecular flexibility index (Phi) is 2.38. The van der Waals surface area contributed by atoms with Gasteiger partial charge < -0.3 is 4.52 Å². The summed E-state index contributed by atoms with van der Waals surface area (Å²) in [6.45, 7) is 0. The fourth-order valence-corrected chi connectivity index (χ4v) is 3.93. The summed E-state index contributed by atoms with van der Waals surface area (Å²) in [6, 6.07) is 13.5. The van der Waals surface area contributed by atoms with Gasteiger partial charge in [-0.1, -0.05) is 30.3 Å². The Labute approximate surface area is 102 Å². The molecular formula is C12H8BrO2P. The molecule has 1 atom stereocenters. The molecule has 2 aromatic carbocycles. The molecule has 80 valence electrons. The molecule has 0 saturated carbocycles. The molecule has 1 aliphatic heterocycles. The first-order valence-electron chi connectivity index (χ1n) is 4.87. The highest BCUT2D eigenvalue weighted by Gasteiger charge is 2.23. The van der Waals surface area contributed by atoms with Crippen LogP contribution in [0.5, 0.6) is 5.75 Å². The molecule has 0 aliphatic carbocycles. The second-order valence-electron chi connectivity index (χ2n) is 3.55. The quantitative estimate of drug-likeness (QED) is 0.694. The van der Waals surface area contributed by atoms with E-state index in [2.05, 4.69) is 15.9 Å². The van der Waals surface area contributed by atoms with Crippen LogP contribution in [0.4, 0.5) is 0 Å². The zero-order chi connectivity index (χ0) is 11.1. The van der Waals surface area contributed by atoms with Crippen LogP contribution in [0.3, 0.4) is 0 Å². The Bertz CT molecular complexity index is 595. The number of para-hydroxylation sites is 1. The van der Waals surface area contributed by atoms with Gasteiger partial charge in [0.2, 0.25) is 0 Å². The molecule has 0 bridgehead atoms. The summed E-state index contributed by atoms with van der Waals surface area (Å²) in [5.41, 5.74) is 2.00. The van der Waals surface area contributed by atoms with Crippen molar-refractivity contribution >= 4 is 29.3 Å². The number of halogens is 1. The van der Waals surface area contributed by atoms with Crippen LogP contribution in [0.2, 0.25) is 0 Å². The van der Waals surface area contributed by atoms with Crippen LogP contribution in [0.25, 0.3) is 11.1 Å². The first-order chi connectivity index (χ1) is 7.77. The molecule has 0 aromatic heterocycles. The topological polar surface area (TPSA) is 26.3 Å². The third kappa shape index (κ3) is 1.43. The van der Waals surface area contributed by atoms with Gasteiger partial charge in [0.25, 0.3) is 8.03 Å². The van der Waals surface area contributed by atoms with E-state index in [1.54, 1.807) is 0 Å². The molecule has 0 saturated heterocycles. The zero-order valence-corrected chi connectivity index (χ0v) is 10.8. The van der Waals surface area contributed by atoms with Gasteiger partial charge in [-0.15, -0.1) is 0 Å². The normalized spacial score (nSPS) is 17.2. The summed E-state index contributed by atoms with van der Waals surface area (Å²) in [4.78, 5) is 0. The lowest BCUT2D eigenvalue weighted by Crippen LogP contribution is -2.11. The monoisotopic (exact) mass is 294 g/mol. The van der Waals surface area contributed by atoms with E-state index in [1.807, 2.05) is 42.5 Å². The zero-order valence-electron chi connectivity index (χ0n) is 8.24. The summed E-state index contributed by atoms with van der Waals surface area (Å²) in [5, 5.41) is 0.784. The van der Waals surface area contributed by atoms with Crippen molar-refractivity contribution in [3.63, 3.8) is 0 Å². The number of hydrogen-bond acceptors (Lipinski definition) is 2. The second-order valence-corrected chi connectivity index (χ2v) is 5.68. The lowest BCUT2D eigenvalue weighted by atomic mass is 10.0. The fourth-order valence-electron chi connectivity index (χ4n) is 1.89. The van der Waals surface area contributed by atoms with Gasteiger partial charge in [-0.3, -0.25) is 4.57 Å². The van der Waals surface area contributed by atoms with E-state index in [0.717, 1.165) is 20.9 Å². The SMILES string of the molecule is O=[PH]1Oc2ccccc2-c2cccc(Br)c21. The summed E-state index contributed by atoms with van der Waals surface area (Å²) < 4.78 is 18.3. The molecule has 0 radical (unpaired) electrons. The van der Waals surface area contributed by atoms with Gasteiger partial charge >= 0.3 is 0 Å². The average Bonchev–Trinajstić information content (AvgIpc) is 2.29. The Balaban J connectivity index is 2.37. The predicted molar refractivity (Wildman–Crippen MR) is 68.8 cm³/mol. The van der Waals surface area contributed by atoms with Crippen molar-refractivity contribution in [2.75, 3.05) is 0 Å². The molecule has 1 unspecified atom stereocenters. The minimum Gasteiger partial charge on any atom is -0.441 e. The van der Waals surface area contributed by atoms with Gasteiger partial charge in [-0.25, -0.2) is 0 Å². The molecule has 1 heterocycles. The molecule has 0 fully saturated rings. The van der Waals surface area contributed by atoms with Crippen LogP contribution >= 0.6 is 24.0 Å². The van der Waals surface area contributed by atoms with Crippen molar-refractivity contribution in [3.8, 4) is 16.9 Å². The van der Waals surface area contributed by atoms with Gasteiger partial charge in [0, 0.05) is 15.6 Å². The molecular weight excluding hydrogens is 287 g/mol. The van der Waals surface area contributed by atoms with Crippen LogP contribution in [-0.2, 0) is 4.57 Å². The number of hydrogen-bond donors (Lipinski definition) is 0. The fraction of sp³-hybridized carbons (Fsp3) is 0. The van der Waals surface area contributed by atoms with Crippen LogP contribution in [-0.4, -0.2) is 0 Å². The van der Waals surface area contributed by atoms with Crippen molar-refractivity contribution in [3.05, 3.63) is 46.9 Å². The number of fused-ring (bicyclic) bond motifs is 3. The Morgan fingerprint density at radius 1 is 1.00 bits per heavy atom. The minimum absolute atomic E-state index is 0.706. The molecule has 0 spiro atoms. The maximum Gasteiger partial charge on any atom is 0.267 e. The number of benzene rings is 2. The smallest absolute Gasteiger partial charge is 0.267 e. The van der Waals surface area contributed by atoms with Gasteiger partial charge in [-0.05, 0) is 28.1 Å². The van der Waals surface area contributed by atoms with E-state index in [4.69, 9.17) is 4.52 Å². The first kappa shape index (κ1) is 10.1. The Hall–Kier alpha value is -1.05. The van der Waals surface area contributed by atoms with E-state index >= 15 is 0 Å². The van der Waals surface area contributed by atoms with E-state index in [9.17, 15) is 4.57 Å². The summed E-state index contributed by atoms with van der Waals surface area (Å²) >= 11 is 3.42. The predicted octanol–water partition coefficient (Wildman–Crippen LogP) is 3.61. The molecule has 2 nitrogen and oxygen atoms in total. The third-order valence-electron chi connectivity index (χ3n) is 2.60. The Morgan fingerprint density at radius 2 is 1.75 bits per heavy atom. The molecule has 4 heteroatoms. The van der Waals surface area contributed by atoms with Crippen molar-refractivity contribution in [1.82, 2.24) is 0 Å². The largest absolute Gasteiger partial charge is 0.441 e. The van der Waals surface area contributed by atoms with Crippen molar-refractivity contribution in [2.45, 2.75) is 0 Å². The maximum absolute atomic E-state index is 12.0. The van der Waals surface area contributed by atoms with E-state index in [0.29, 0.717) is 5.75 Å². The van der Waals surface area contributed by atoms with Crippen LogP contribution in [0, 0.1) is 0 Å². The average molecular weight is 295 g/mol. The van der Waals surface area contributed by atoms with E-state index in [-0.39, 0.29) is 0 Å². The summed E-state index contributed by atoms with van der Waals surface area (Å²) in [6.07, 6.45) is 0. The van der Waals surface area contributed by atoms with Gasteiger partial charge in [0.1, 0.15) is 5.75 Å². The maximum atomic E-state index is 12.0. The van der Waals surface area contributed by atoms with Gasteiger partial charge in [0.05, 0.1) is 5.30 Å². The second kappa shape index (κ2) is 3.76. The molecule has 0 amide bonds. The van der Waals surface area contributed by atoms with Crippen LogP contribution in [0.15, 0.2) is 46.9 Å². The lowest BCUT2D eigenvalue weighted by Gasteiger charge is -2.20. The molecule has 3 rings (SSSR count). The minimum atomic E-state index is -2.19. The molecule has 16 heavy (non-hydrogen) atoms. The van der Waals surface area contributed by atoms with Gasteiger partial charge in [0.15, 0.2) is 0 Å². The lowest BCUT2D eigenvalue weighted by molar-refractivity contribution is 0.513. The highest BCUT2D eigenvalue weighted by molar-refractivity contribution is 9.10. The van der Waals surface area contributed by atoms with Gasteiger partial charge in [-0.2, -0.15) is 0 Å². The van der Waals surface area contributed by atoms with Crippen molar-refractivity contribution in [1.29, 1.82) is 0 Å². The molecule has 1 aliphatic rings. The van der Waals surface area contributed by atoms with Crippen LogP contribution < -0.4 is 9.83 Å². The summed E-state index contributed by atoms with van der Waals surface area (Å²) in [7, 11) is -2.19. The highest BCUT2D eigenvalue weighted by atomic mass is 79.9. The highest BCUT2D eigenvalue weighted by Crippen LogP contribution is 2.43. The number of rotatable bonds is 0. The van der Waals surface area contributed by atoms with E-state index in [1.165, 1.54) is 0 Å². The Morgan fingerprint density at radius 3 is 2.62 bits per heavy atom. The van der Waals surface area contributed by atoms with E-state index < -0.39 is 8.03 Å². The summed E-state index contributed by atoms with van der Waals surface area (Å²) in [5.74, 6) is 0.706.